The standard InChI is InChI=1S/8CO.2ClH.2Re/c8*1-2;;;;/h;;;;;;;;2*1H;;/p-2. The van der Waals surface area contributed by atoms with Gasteiger partial charge in [-0.15, -0.1) is 0 Å². The Morgan fingerprint density at radius 2 is 0.250 bits per heavy atom. The third kappa shape index (κ3) is 164000. The molecule has 0 unspecified atom stereocenters. The van der Waals surface area contributed by atoms with E-state index in [9.17, 15) is 0 Å². The molecule has 12 heteroatoms. The van der Waals surface area contributed by atoms with Crippen LogP contribution in [0.4, 0.5) is 0 Å². The van der Waals surface area contributed by atoms with E-state index >= 15 is 0 Å². The second kappa shape index (κ2) is 195000. The van der Waals surface area contributed by atoms with Crippen molar-refractivity contribution in [1.29, 1.82) is 0 Å². The molecule has 0 N–H and O–H groups in total. The topological polar surface area (TPSA) is 159 Å². The Morgan fingerprint density at radius 3 is 0.250 bits per heavy atom. The normalized spacial score (nSPS) is 0.800. The van der Waals surface area contributed by atoms with Crippen LogP contribution in [0, 0.1) is 53.2 Å². The van der Waals surface area contributed by atoms with E-state index in [0.717, 1.165) is 0 Å². The summed E-state index contributed by atoms with van der Waals surface area (Å²) in [5, 5.41) is 0. The van der Waals surface area contributed by atoms with Crippen molar-refractivity contribution >= 4 is 0 Å². The smallest absolute Gasteiger partial charge is 0 e. The molecule has 20 heavy (non-hydrogen) atoms. The van der Waals surface area contributed by atoms with Crippen molar-refractivity contribution in [2.45, 2.75) is 0 Å². The van der Waals surface area contributed by atoms with Gasteiger partial charge in [-0.2, -0.15) is 0 Å². The van der Waals surface area contributed by atoms with Crippen molar-refractivity contribution in [2.75, 3.05) is 0 Å². The summed E-state index contributed by atoms with van der Waals surface area (Å²) in [6.07, 6.45) is 0. The Morgan fingerprint density at radius 1 is 0.250 bits per heavy atom. The van der Waals surface area contributed by atoms with Crippen LogP contribution in [0.3, 0.4) is 0 Å². The van der Waals surface area contributed by atoms with Crippen LogP contribution in [-0.2, 0) is 78.1 Å². The molecule has 0 fully saturated rings. The molecule has 110 valence electrons. The van der Waals surface area contributed by atoms with E-state index in [1.54, 1.807) is 0 Å². The van der Waals surface area contributed by atoms with Gasteiger partial charge in [0.1, 0.15) is 0 Å². The Kier molecular flexibility index (Phi) is 1120000. The first kappa shape index (κ1) is 115. The molecule has 0 aliphatic rings. The number of hydrogen-bond donors (Lipinski definition) is 0. The Balaban J connectivity index is -0.00000000356. The zero-order valence-corrected chi connectivity index (χ0v) is 15.7. The molecule has 0 heterocycles. The molecule has 0 atom stereocenters. The van der Waals surface area contributed by atoms with E-state index in [0.29, 0.717) is 0 Å². The number of halogens is 2. The summed E-state index contributed by atoms with van der Waals surface area (Å²) >= 11 is 0. The summed E-state index contributed by atoms with van der Waals surface area (Å²) in [4.78, 5) is 0. The largest absolute Gasteiger partial charge is 1.00 e. The summed E-state index contributed by atoms with van der Waals surface area (Å²) in [5.74, 6) is 0. The average Bonchev–Trinajstić information content (AvgIpc) is 2.54. The SMILES string of the molecule is [C-]#[O+].[C-]#[O+].[C-]#[O+].[C-]#[O+].[C-]#[O+].[C-]#[O+].[C-]#[O+].[C-]#[O+].[Cl-].[Cl-].[Re].[Re]. The van der Waals surface area contributed by atoms with E-state index in [1.807, 2.05) is 0 Å². The predicted octanol–water partition coefficient (Wildman–Crippen LogP) is -6.30. The fourth-order valence-corrected chi connectivity index (χ4v) is 0. The van der Waals surface area contributed by atoms with Crippen LogP contribution < -0.4 is 24.8 Å². The van der Waals surface area contributed by atoms with Gasteiger partial charge < -0.3 is 24.8 Å². The maximum Gasteiger partial charge on any atom is 0 e. The third-order valence-corrected chi connectivity index (χ3v) is 0. The predicted molar refractivity (Wildman–Crippen MR) is 31.4 cm³/mol. The van der Waals surface area contributed by atoms with Crippen LogP contribution in [0.5, 0.6) is 0 Å². The zero-order chi connectivity index (χ0) is 16.0. The third-order valence-electron chi connectivity index (χ3n) is 0. The van der Waals surface area contributed by atoms with E-state index in [4.69, 9.17) is 37.2 Å². The van der Waals surface area contributed by atoms with Gasteiger partial charge in [0.15, 0.2) is 0 Å². The molecule has 0 aromatic carbocycles. The minimum atomic E-state index is 0. The average molecular weight is 667 g/mol. The van der Waals surface area contributed by atoms with E-state index < -0.39 is 0 Å². The van der Waals surface area contributed by atoms with Crippen LogP contribution in [0.15, 0.2) is 0 Å². The van der Waals surface area contributed by atoms with Crippen molar-refractivity contribution in [3.05, 3.63) is 53.2 Å². The van der Waals surface area contributed by atoms with Crippen LogP contribution >= 0.6 is 0 Å². The molecule has 0 aliphatic carbocycles. The maximum absolute atomic E-state index is 7.50. The summed E-state index contributed by atoms with van der Waals surface area (Å²) in [6, 6.07) is 0. The van der Waals surface area contributed by atoms with E-state index in [-0.39, 0.29) is 65.7 Å². The Labute approximate surface area is 155 Å². The molecule has 0 aliphatic heterocycles. The molecule has 0 saturated heterocycles. The van der Waals surface area contributed by atoms with Crippen molar-refractivity contribution < 1.29 is 103 Å². The molecule has 0 amide bonds. The van der Waals surface area contributed by atoms with Gasteiger partial charge in [-0.1, -0.05) is 0 Å². The Bertz CT molecular complexity index is 144. The molecule has 0 rings (SSSR count). The first-order valence-corrected chi connectivity index (χ1v) is 1.63. The van der Waals surface area contributed by atoms with Crippen molar-refractivity contribution in [3.63, 3.8) is 0 Å². The second-order valence-corrected chi connectivity index (χ2v) is 0. The number of rotatable bonds is 0. The Hall–Kier alpha value is -0.175. The van der Waals surface area contributed by atoms with E-state index in [2.05, 4.69) is 53.2 Å². The molecule has 8 nitrogen and oxygen atoms in total. The summed E-state index contributed by atoms with van der Waals surface area (Å²) in [6.45, 7) is 36.0. The van der Waals surface area contributed by atoms with Crippen molar-refractivity contribution in [3.8, 4) is 0 Å². The quantitative estimate of drug-likeness (QED) is 0.178. The fourth-order valence-electron chi connectivity index (χ4n) is 0. The molecule has 0 bridgehead atoms. The van der Waals surface area contributed by atoms with Crippen LogP contribution in [0.2, 0.25) is 0 Å². The zero-order valence-electron chi connectivity index (χ0n) is 8.78. The molecule has 0 aromatic rings. The first-order chi connectivity index (χ1) is 8.00. The molecular formula is C8Cl2O8Re2-2. The van der Waals surface area contributed by atoms with Gasteiger partial charge in [0.05, 0.1) is 0 Å². The minimum absolute atomic E-state index is 0. The van der Waals surface area contributed by atoms with Gasteiger partial charge in [0.25, 0.3) is 0 Å². The summed E-state index contributed by atoms with van der Waals surface area (Å²) in [5.41, 5.74) is 0. The summed E-state index contributed by atoms with van der Waals surface area (Å²) < 4.78 is 60.0. The summed E-state index contributed by atoms with van der Waals surface area (Å²) in [7, 11) is 0. The molecule has 0 aromatic heterocycles. The van der Waals surface area contributed by atoms with Crippen molar-refractivity contribution in [1.82, 2.24) is 0 Å². The van der Waals surface area contributed by atoms with Gasteiger partial charge in [0.2, 0.25) is 0 Å². The van der Waals surface area contributed by atoms with Crippen LogP contribution in [-0.4, -0.2) is 0 Å². The van der Waals surface area contributed by atoms with Gasteiger partial charge in [0, 0.05) is 40.8 Å². The maximum atomic E-state index is 7.50. The van der Waals surface area contributed by atoms with Crippen LogP contribution in [0.1, 0.15) is 0 Å². The van der Waals surface area contributed by atoms with Gasteiger partial charge >= 0.3 is 90.4 Å². The van der Waals surface area contributed by atoms with Gasteiger partial charge in [-0.05, 0) is 0 Å². The van der Waals surface area contributed by atoms with E-state index in [1.165, 1.54) is 0 Å². The monoisotopic (exact) mass is 668 g/mol. The minimum Gasteiger partial charge on any atom is -1.00 e. The van der Waals surface area contributed by atoms with Crippen molar-refractivity contribution in [2.24, 2.45) is 0 Å². The molecular weight excluding hydrogens is 667 g/mol. The van der Waals surface area contributed by atoms with Gasteiger partial charge in [-0.3, -0.25) is 0 Å². The van der Waals surface area contributed by atoms with Crippen LogP contribution in [0.25, 0.3) is 0 Å². The molecule has 0 saturated carbocycles. The molecule has 0 spiro atoms. The number of hydrogen-bond acceptors (Lipinski definition) is 0. The first-order valence-electron chi connectivity index (χ1n) is 1.63. The fraction of sp³-hybridized carbons (Fsp3) is 0. The van der Waals surface area contributed by atoms with Gasteiger partial charge in [-0.25, -0.2) is 0 Å². The molecule has 2 radical (unpaired) electrons. The second-order valence-electron chi connectivity index (χ2n) is 0.